The van der Waals surface area contributed by atoms with Crippen LogP contribution in [0.4, 0.5) is 0 Å². The van der Waals surface area contributed by atoms with Crippen LogP contribution in [-0.4, -0.2) is 108 Å². The Morgan fingerprint density at radius 3 is 2.02 bits per heavy atom. The molecule has 1 amide bonds. The number of carboxylic acid groups (broad SMARTS) is 1. The van der Waals surface area contributed by atoms with Gasteiger partial charge in [0.1, 0.15) is 18.3 Å². The molecule has 16 nitrogen and oxygen atoms in total. The summed E-state index contributed by atoms with van der Waals surface area (Å²) >= 11 is 0. The molecule has 2 aliphatic heterocycles. The van der Waals surface area contributed by atoms with Gasteiger partial charge in [0.25, 0.3) is 0 Å². The summed E-state index contributed by atoms with van der Waals surface area (Å²) in [5.41, 5.74) is 0. The van der Waals surface area contributed by atoms with Crippen LogP contribution in [-0.2, 0) is 57.7 Å². The van der Waals surface area contributed by atoms with Crippen LogP contribution in [0.3, 0.4) is 0 Å². The van der Waals surface area contributed by atoms with Crippen molar-refractivity contribution >= 4 is 32.7 Å². The number of aliphatic carboxylic acids is 1. The van der Waals surface area contributed by atoms with Crippen molar-refractivity contribution in [1.29, 1.82) is 0 Å². The van der Waals surface area contributed by atoms with Crippen LogP contribution < -0.4 is 10.4 Å². The molecule has 0 aromatic heterocycles. The molecule has 2 aliphatic rings. The van der Waals surface area contributed by atoms with Gasteiger partial charge in [0.05, 0.1) is 50.6 Å². The van der Waals surface area contributed by atoms with E-state index in [9.17, 15) is 40.6 Å². The first-order valence-electron chi connectivity index (χ1n) is 12.6. The highest BCUT2D eigenvalue weighted by atomic mass is 32.3. The SMILES string of the molecule is CC[C@H]1OC(COS(=O)(=O)[O-])[C@@H](COC[C@@H]2OC(C(=O)[O-])[C@@H](COC)[C@@H](C)C2OS(=O)(=O)[O-])[C@@H](C)C1NC(C)=O. The predicted octanol–water partition coefficient (Wildman–Crippen LogP) is -2.32. The van der Waals surface area contributed by atoms with Gasteiger partial charge in [-0.15, -0.1) is 0 Å². The van der Waals surface area contributed by atoms with E-state index in [1.807, 2.05) is 0 Å². The highest BCUT2D eigenvalue weighted by Gasteiger charge is 2.47. The van der Waals surface area contributed by atoms with Gasteiger partial charge in [-0.1, -0.05) is 20.8 Å². The highest BCUT2D eigenvalue weighted by Crippen LogP contribution is 2.36. The molecule has 234 valence electrons. The molecular weight excluding hydrogens is 582 g/mol. The summed E-state index contributed by atoms with van der Waals surface area (Å²) in [6.45, 7) is 4.90. The van der Waals surface area contributed by atoms with Crippen LogP contribution in [0, 0.1) is 23.7 Å². The number of hydrogen-bond donors (Lipinski definition) is 1. The molecule has 2 rings (SSSR count). The lowest BCUT2D eigenvalue weighted by Crippen LogP contribution is -2.60. The molecule has 0 aromatic rings. The number of rotatable bonds is 14. The Labute approximate surface area is 233 Å². The van der Waals surface area contributed by atoms with Gasteiger partial charge in [-0.2, -0.15) is 0 Å². The molecule has 0 saturated carbocycles. The summed E-state index contributed by atoms with van der Waals surface area (Å²) in [7, 11) is -8.98. The van der Waals surface area contributed by atoms with Crippen molar-refractivity contribution in [2.24, 2.45) is 23.7 Å². The zero-order valence-corrected chi connectivity index (χ0v) is 24.4. The Morgan fingerprint density at radius 2 is 1.52 bits per heavy atom. The minimum absolute atomic E-state index is 0.156. The Morgan fingerprint density at radius 1 is 0.875 bits per heavy atom. The molecule has 0 aromatic carbocycles. The van der Waals surface area contributed by atoms with Crippen molar-refractivity contribution in [3.8, 4) is 0 Å². The van der Waals surface area contributed by atoms with E-state index in [0.717, 1.165) is 0 Å². The number of hydrogen-bond acceptors (Lipinski definition) is 15. The Kier molecular flexibility index (Phi) is 12.7. The van der Waals surface area contributed by atoms with Crippen molar-refractivity contribution in [2.45, 2.75) is 70.7 Å². The predicted molar refractivity (Wildman–Crippen MR) is 128 cm³/mol. The Balaban J connectivity index is 2.27. The van der Waals surface area contributed by atoms with E-state index < -0.39 is 100 Å². The van der Waals surface area contributed by atoms with Crippen LogP contribution in [0.5, 0.6) is 0 Å². The molecule has 2 saturated heterocycles. The minimum atomic E-state index is -5.23. The lowest BCUT2D eigenvalue weighted by atomic mass is 9.78. The van der Waals surface area contributed by atoms with Crippen LogP contribution >= 0.6 is 0 Å². The van der Waals surface area contributed by atoms with Crippen molar-refractivity contribution in [1.82, 2.24) is 5.32 Å². The summed E-state index contributed by atoms with van der Waals surface area (Å²) in [6.07, 6.45) is -5.38. The maximum absolute atomic E-state index is 11.8. The third kappa shape index (κ3) is 9.81. The fourth-order valence-corrected chi connectivity index (χ4v) is 6.23. The normalized spacial score (nSPS) is 35.3. The minimum Gasteiger partial charge on any atom is -0.726 e. The zero-order valence-electron chi connectivity index (χ0n) is 22.7. The molecule has 40 heavy (non-hydrogen) atoms. The average molecular weight is 619 g/mol. The smallest absolute Gasteiger partial charge is 0.218 e. The van der Waals surface area contributed by atoms with Gasteiger partial charge in [0.2, 0.25) is 26.7 Å². The molecule has 0 spiro atoms. The van der Waals surface area contributed by atoms with E-state index in [-0.39, 0.29) is 19.1 Å². The second-order valence-corrected chi connectivity index (χ2v) is 12.0. The van der Waals surface area contributed by atoms with Crippen LogP contribution in [0.25, 0.3) is 0 Å². The summed E-state index contributed by atoms with van der Waals surface area (Å²) in [6, 6.07) is -0.513. The van der Waals surface area contributed by atoms with E-state index in [0.29, 0.717) is 6.42 Å². The van der Waals surface area contributed by atoms with E-state index >= 15 is 0 Å². The molecule has 4 unspecified atom stereocenters. The molecule has 2 fully saturated rings. The van der Waals surface area contributed by atoms with Crippen LogP contribution in [0.1, 0.15) is 34.1 Å². The van der Waals surface area contributed by atoms with Crippen LogP contribution in [0.15, 0.2) is 0 Å². The van der Waals surface area contributed by atoms with Gasteiger partial charge in [0, 0.05) is 25.9 Å². The van der Waals surface area contributed by atoms with Gasteiger partial charge in [-0.3, -0.25) is 13.2 Å². The number of amides is 1. The molecule has 18 heteroatoms. The van der Waals surface area contributed by atoms with Gasteiger partial charge in [0.15, 0.2) is 0 Å². The van der Waals surface area contributed by atoms with Gasteiger partial charge < -0.3 is 43.3 Å². The molecule has 10 atom stereocenters. The summed E-state index contributed by atoms with van der Waals surface area (Å²) < 4.78 is 99.1. The first kappa shape index (κ1) is 34.7. The average Bonchev–Trinajstić information content (AvgIpc) is 2.82. The quantitative estimate of drug-likeness (QED) is 0.159. The molecule has 0 bridgehead atoms. The van der Waals surface area contributed by atoms with Crippen molar-refractivity contribution in [3.63, 3.8) is 0 Å². The maximum atomic E-state index is 11.8. The second-order valence-electron chi connectivity index (χ2n) is 9.96. The first-order valence-corrected chi connectivity index (χ1v) is 15.3. The lowest BCUT2D eigenvalue weighted by molar-refractivity contribution is -0.329. The molecule has 0 radical (unpaired) electrons. The Hall–Kier alpha value is -1.48. The number of nitrogens with one attached hydrogen (secondary N) is 1. The number of ether oxygens (including phenoxy) is 4. The van der Waals surface area contributed by atoms with Gasteiger partial charge >= 0.3 is 0 Å². The molecule has 2 heterocycles. The summed E-state index contributed by atoms with van der Waals surface area (Å²) in [4.78, 5) is 23.6. The molecule has 0 aliphatic carbocycles. The number of carboxylic acids is 1. The highest BCUT2D eigenvalue weighted by molar-refractivity contribution is 7.81. The van der Waals surface area contributed by atoms with E-state index in [2.05, 4.69) is 9.50 Å². The fourth-order valence-electron chi connectivity index (χ4n) is 5.36. The summed E-state index contributed by atoms with van der Waals surface area (Å²) in [5.74, 6) is -4.75. The number of carbonyl (C=O) groups excluding carboxylic acids is 2. The van der Waals surface area contributed by atoms with E-state index in [1.54, 1.807) is 13.8 Å². The topological polar surface area (TPSA) is 239 Å². The first-order chi connectivity index (χ1) is 18.5. The monoisotopic (exact) mass is 618 g/mol. The Bertz CT molecular complexity index is 1070. The second kappa shape index (κ2) is 14.6. The van der Waals surface area contributed by atoms with Crippen molar-refractivity contribution in [3.05, 3.63) is 0 Å². The number of carbonyl (C=O) groups is 2. The fraction of sp³-hybridized carbons (Fsp3) is 0.909. The summed E-state index contributed by atoms with van der Waals surface area (Å²) in [5, 5.41) is 14.6. The third-order valence-corrected chi connectivity index (χ3v) is 8.18. The third-order valence-electron chi connectivity index (χ3n) is 7.30. The largest absolute Gasteiger partial charge is 0.726 e. The van der Waals surface area contributed by atoms with Crippen molar-refractivity contribution in [2.75, 3.05) is 33.5 Å². The van der Waals surface area contributed by atoms with Gasteiger partial charge in [-0.05, 0) is 18.3 Å². The maximum Gasteiger partial charge on any atom is 0.218 e. The lowest BCUT2D eigenvalue weighted by Gasteiger charge is -2.47. The van der Waals surface area contributed by atoms with Crippen molar-refractivity contribution < 1.29 is 68.0 Å². The van der Waals surface area contributed by atoms with E-state index in [4.69, 9.17) is 23.1 Å². The standard InChI is InChI=1S/C22H39NO15S2/c1-6-16-19(23-13(4)24)11(2)14(17(36-16)10-35-39(27,28)29)8-34-9-18-20(38-40(30,31)32)12(3)15(7-33-5)21(37-18)22(25)26/h11-12,14-21H,6-10H2,1-5H3,(H,23,24)(H,25,26)(H,27,28,29)(H,30,31,32)/p-3/t11-,12-,14+,15+,16-,17?,18+,19?,20?,21?/m1/s1. The van der Waals surface area contributed by atoms with E-state index in [1.165, 1.54) is 21.0 Å². The number of methoxy groups -OCH3 is 1. The van der Waals surface area contributed by atoms with Crippen LogP contribution in [0.2, 0.25) is 0 Å². The molecular formula is C22H36NO15S2-3. The zero-order chi connectivity index (χ0) is 30.4. The van der Waals surface area contributed by atoms with Gasteiger partial charge in [-0.25, -0.2) is 16.8 Å². The molecule has 1 N–H and O–H groups in total.